The molecule has 64 valence electrons. The fraction of sp³-hybridized carbons (Fsp3) is 0. The van der Waals surface area contributed by atoms with Crippen LogP contribution in [0.3, 0.4) is 0 Å². The van der Waals surface area contributed by atoms with Gasteiger partial charge in [0.1, 0.15) is 0 Å². The summed E-state index contributed by atoms with van der Waals surface area (Å²) in [5, 5.41) is 0.223. The van der Waals surface area contributed by atoms with E-state index in [1.54, 1.807) is 0 Å². The molecule has 0 N–H and O–H groups in total. The van der Waals surface area contributed by atoms with Crippen LogP contribution in [0.2, 0.25) is 10.0 Å². The molecule has 0 heterocycles. The Hall–Kier alpha value is 0.279. The number of carbonyl (C=O) groups is 1. The molecule has 0 radical (unpaired) electrons. The van der Waals surface area contributed by atoms with Crippen molar-refractivity contribution >= 4 is 60.5 Å². The molecule has 12 heavy (non-hydrogen) atoms. The van der Waals surface area contributed by atoms with Crippen LogP contribution in [0.5, 0.6) is 0 Å². The van der Waals surface area contributed by atoms with Crippen molar-refractivity contribution in [1.29, 1.82) is 0 Å². The second-order valence-corrected chi connectivity index (χ2v) is 4.10. The van der Waals surface area contributed by atoms with Crippen LogP contribution in [0.15, 0.2) is 12.1 Å². The van der Waals surface area contributed by atoms with Gasteiger partial charge < -0.3 is 0 Å². The van der Waals surface area contributed by atoms with E-state index in [2.05, 4.69) is 16.0 Å². The summed E-state index contributed by atoms with van der Waals surface area (Å²) < 4.78 is 0.552. The molecule has 0 aromatic heterocycles. The number of hydrogen-bond donors (Lipinski definition) is 0. The number of rotatable bonds is 1. The normalized spacial score (nSPS) is 10.0. The van der Waals surface area contributed by atoms with Crippen molar-refractivity contribution < 1.29 is 4.79 Å². The molecule has 0 saturated heterocycles. The summed E-state index contributed by atoms with van der Waals surface area (Å²) in [6, 6.07) is 3.08. The van der Waals surface area contributed by atoms with Crippen LogP contribution in [0, 0.1) is 0 Å². The molecular formula is C7H3Cl3OSe. The molecule has 0 unspecified atom stereocenters. The van der Waals surface area contributed by atoms with Crippen molar-refractivity contribution in [1.82, 2.24) is 0 Å². The van der Waals surface area contributed by atoms with Gasteiger partial charge in [0, 0.05) is 0 Å². The van der Waals surface area contributed by atoms with Crippen LogP contribution in [-0.4, -0.2) is 21.3 Å². The van der Waals surface area contributed by atoms with Crippen LogP contribution in [0.25, 0.3) is 0 Å². The van der Waals surface area contributed by atoms with Crippen LogP contribution >= 0.6 is 34.8 Å². The van der Waals surface area contributed by atoms with Gasteiger partial charge in [0.15, 0.2) is 0 Å². The van der Waals surface area contributed by atoms with Gasteiger partial charge in [-0.15, -0.1) is 0 Å². The van der Waals surface area contributed by atoms with Crippen molar-refractivity contribution in [2.75, 3.05) is 0 Å². The van der Waals surface area contributed by atoms with E-state index in [4.69, 9.17) is 34.8 Å². The van der Waals surface area contributed by atoms with E-state index in [0.717, 1.165) is 0 Å². The van der Waals surface area contributed by atoms with Gasteiger partial charge in [-0.3, -0.25) is 0 Å². The molecule has 1 nitrogen and oxygen atoms in total. The van der Waals surface area contributed by atoms with E-state index in [1.165, 1.54) is 12.1 Å². The number of carbonyl (C=O) groups excluding carboxylic acids is 1. The Labute approximate surface area is 92.8 Å². The van der Waals surface area contributed by atoms with Crippen LogP contribution in [-0.2, 0) is 0 Å². The number of halogens is 3. The maximum atomic E-state index is 10.8. The molecule has 0 fully saturated rings. The summed E-state index contributed by atoms with van der Waals surface area (Å²) in [4.78, 5) is 10.8. The fourth-order valence-electron chi connectivity index (χ4n) is 0.699. The van der Waals surface area contributed by atoms with Crippen LogP contribution in [0.4, 0.5) is 0 Å². The standard InChI is InChI=1S/C7H3Cl3OSe/c8-4-2-1-3(7(10)11)6(12)5(4)9/h1-2,12H. The average molecular weight is 288 g/mol. The summed E-state index contributed by atoms with van der Waals surface area (Å²) in [5.41, 5.74) is 0.367. The van der Waals surface area contributed by atoms with E-state index in [9.17, 15) is 4.79 Å². The number of benzene rings is 1. The zero-order valence-electron chi connectivity index (χ0n) is 5.64. The molecule has 0 bridgehead atoms. The summed E-state index contributed by atoms with van der Waals surface area (Å²) in [6.45, 7) is 0. The molecule has 0 saturated carbocycles. The third kappa shape index (κ3) is 1.95. The van der Waals surface area contributed by atoms with E-state index in [1.807, 2.05) is 0 Å². The molecule has 1 aromatic carbocycles. The molecule has 1 rings (SSSR count). The predicted molar refractivity (Wildman–Crippen MR) is 53.4 cm³/mol. The molecule has 0 spiro atoms. The Morgan fingerprint density at radius 3 is 2.42 bits per heavy atom. The monoisotopic (exact) mass is 288 g/mol. The SMILES string of the molecule is O=C(Cl)c1ccc(Cl)c(Cl)c1[SeH]. The van der Waals surface area contributed by atoms with Crippen molar-refractivity contribution in [3.05, 3.63) is 27.7 Å². The molecule has 0 aliphatic rings. The Balaban J connectivity index is 3.36. The van der Waals surface area contributed by atoms with Crippen molar-refractivity contribution in [2.45, 2.75) is 0 Å². The minimum absolute atomic E-state index is 0.350. The second kappa shape index (κ2) is 3.99. The predicted octanol–water partition coefficient (Wildman–Crippen LogP) is 1.90. The molecule has 1 aromatic rings. The Kier molecular flexibility index (Phi) is 3.45. The molecule has 5 heteroatoms. The third-order valence-corrected chi connectivity index (χ3v) is 3.55. The zero-order chi connectivity index (χ0) is 9.30. The van der Waals surface area contributed by atoms with E-state index >= 15 is 0 Å². The number of hydrogen-bond acceptors (Lipinski definition) is 1. The quantitative estimate of drug-likeness (QED) is 0.570. The summed E-state index contributed by atoms with van der Waals surface area (Å²) >= 11 is 18.9. The van der Waals surface area contributed by atoms with Gasteiger partial charge in [-0.2, -0.15) is 0 Å². The Morgan fingerprint density at radius 1 is 1.33 bits per heavy atom. The summed E-state index contributed by atoms with van der Waals surface area (Å²) in [7, 11) is 0. The van der Waals surface area contributed by atoms with E-state index in [0.29, 0.717) is 20.1 Å². The third-order valence-electron chi connectivity index (χ3n) is 1.28. The van der Waals surface area contributed by atoms with Gasteiger partial charge in [-0.1, -0.05) is 0 Å². The first kappa shape index (κ1) is 10.4. The molecule has 0 aliphatic heterocycles. The van der Waals surface area contributed by atoms with Crippen molar-refractivity contribution in [3.8, 4) is 0 Å². The Bertz CT molecular complexity index is 338. The van der Waals surface area contributed by atoms with Gasteiger partial charge in [0.05, 0.1) is 0 Å². The van der Waals surface area contributed by atoms with Crippen molar-refractivity contribution in [2.24, 2.45) is 0 Å². The van der Waals surface area contributed by atoms with Crippen LogP contribution in [0.1, 0.15) is 10.4 Å². The molecular weight excluding hydrogens is 285 g/mol. The fourth-order valence-corrected chi connectivity index (χ4v) is 2.09. The second-order valence-electron chi connectivity index (χ2n) is 2.03. The van der Waals surface area contributed by atoms with E-state index < -0.39 is 5.24 Å². The summed E-state index contributed by atoms with van der Waals surface area (Å²) in [5.74, 6) is 0. The van der Waals surface area contributed by atoms with Gasteiger partial charge in [-0.05, 0) is 0 Å². The zero-order valence-corrected chi connectivity index (χ0v) is 9.79. The minimum atomic E-state index is -0.538. The van der Waals surface area contributed by atoms with Gasteiger partial charge >= 0.3 is 93.1 Å². The topological polar surface area (TPSA) is 17.1 Å². The average Bonchev–Trinajstić information content (AvgIpc) is 2.00. The van der Waals surface area contributed by atoms with Crippen molar-refractivity contribution in [3.63, 3.8) is 0 Å². The van der Waals surface area contributed by atoms with Gasteiger partial charge in [0.2, 0.25) is 0 Å². The molecule has 0 aliphatic carbocycles. The first-order valence-corrected chi connectivity index (χ1v) is 4.98. The van der Waals surface area contributed by atoms with E-state index in [-0.39, 0.29) is 0 Å². The molecule has 0 amide bonds. The van der Waals surface area contributed by atoms with Gasteiger partial charge in [-0.25, -0.2) is 0 Å². The van der Waals surface area contributed by atoms with Crippen LogP contribution < -0.4 is 4.46 Å². The summed E-state index contributed by atoms with van der Waals surface area (Å²) in [6.07, 6.45) is 0. The first-order valence-electron chi connectivity index (χ1n) is 2.91. The van der Waals surface area contributed by atoms with Gasteiger partial charge in [0.25, 0.3) is 0 Å². The Morgan fingerprint density at radius 2 is 1.92 bits per heavy atom. The maximum absolute atomic E-state index is 10.8. The first-order chi connectivity index (χ1) is 5.54. The molecule has 0 atom stereocenters.